The Morgan fingerprint density at radius 1 is 1.20 bits per heavy atom. The first-order valence-corrected chi connectivity index (χ1v) is 6.80. The summed E-state index contributed by atoms with van der Waals surface area (Å²) in [5.74, 6) is 0.0209. The first-order chi connectivity index (χ1) is 9.58. The fourth-order valence-corrected chi connectivity index (χ4v) is 1.77. The van der Waals surface area contributed by atoms with Crippen molar-refractivity contribution in [2.75, 3.05) is 24.4 Å². The SMILES string of the molecule is CCCCCC(=O)Nc1ccc(N(C)C(=O)OC)cc1. The summed E-state index contributed by atoms with van der Waals surface area (Å²) >= 11 is 0. The van der Waals surface area contributed by atoms with Crippen LogP contribution in [0, 0.1) is 0 Å². The van der Waals surface area contributed by atoms with Crippen LogP contribution in [0.1, 0.15) is 32.6 Å². The molecule has 0 saturated carbocycles. The van der Waals surface area contributed by atoms with Gasteiger partial charge in [0.25, 0.3) is 0 Å². The molecule has 110 valence electrons. The molecule has 0 aromatic heterocycles. The summed E-state index contributed by atoms with van der Waals surface area (Å²) in [7, 11) is 2.97. The Hall–Kier alpha value is -2.04. The van der Waals surface area contributed by atoms with E-state index in [4.69, 9.17) is 0 Å². The molecule has 0 saturated heterocycles. The molecule has 0 fully saturated rings. The maximum absolute atomic E-state index is 11.7. The highest BCUT2D eigenvalue weighted by atomic mass is 16.5. The minimum atomic E-state index is -0.429. The van der Waals surface area contributed by atoms with Crippen molar-refractivity contribution in [1.82, 2.24) is 0 Å². The number of unbranched alkanes of at least 4 members (excludes halogenated alkanes) is 2. The van der Waals surface area contributed by atoms with Gasteiger partial charge in [0, 0.05) is 24.8 Å². The lowest BCUT2D eigenvalue weighted by Gasteiger charge is -2.15. The number of rotatable bonds is 6. The van der Waals surface area contributed by atoms with E-state index in [0.29, 0.717) is 12.1 Å². The second-order valence-corrected chi connectivity index (χ2v) is 4.58. The molecule has 1 rings (SSSR count). The summed E-state index contributed by atoms with van der Waals surface area (Å²) in [4.78, 5) is 24.4. The smallest absolute Gasteiger partial charge is 0.413 e. The monoisotopic (exact) mass is 278 g/mol. The van der Waals surface area contributed by atoms with Gasteiger partial charge in [-0.3, -0.25) is 9.69 Å². The number of benzene rings is 1. The predicted octanol–water partition coefficient (Wildman–Crippen LogP) is 3.41. The average Bonchev–Trinajstić information content (AvgIpc) is 2.46. The lowest BCUT2D eigenvalue weighted by atomic mass is 10.2. The van der Waals surface area contributed by atoms with E-state index >= 15 is 0 Å². The Kier molecular flexibility index (Phi) is 6.56. The van der Waals surface area contributed by atoms with Crippen LogP contribution in [0.3, 0.4) is 0 Å². The lowest BCUT2D eigenvalue weighted by Crippen LogP contribution is -2.25. The minimum Gasteiger partial charge on any atom is -0.452 e. The van der Waals surface area contributed by atoms with Crippen LogP contribution >= 0.6 is 0 Å². The predicted molar refractivity (Wildman–Crippen MR) is 80.0 cm³/mol. The van der Waals surface area contributed by atoms with Gasteiger partial charge in [0.05, 0.1) is 7.11 Å². The maximum Gasteiger partial charge on any atom is 0.413 e. The lowest BCUT2D eigenvalue weighted by molar-refractivity contribution is -0.116. The summed E-state index contributed by atoms with van der Waals surface area (Å²) in [6.07, 6.45) is 3.18. The van der Waals surface area contributed by atoms with Crippen molar-refractivity contribution in [3.63, 3.8) is 0 Å². The maximum atomic E-state index is 11.7. The molecule has 0 aliphatic carbocycles. The summed E-state index contributed by atoms with van der Waals surface area (Å²) < 4.78 is 4.63. The zero-order chi connectivity index (χ0) is 15.0. The van der Waals surface area contributed by atoms with Gasteiger partial charge >= 0.3 is 6.09 Å². The number of nitrogens with one attached hydrogen (secondary N) is 1. The fraction of sp³-hybridized carbons (Fsp3) is 0.467. The highest BCUT2D eigenvalue weighted by Gasteiger charge is 2.10. The standard InChI is InChI=1S/C15H22N2O3/c1-4-5-6-7-14(18)16-12-8-10-13(11-9-12)17(2)15(19)20-3/h8-11H,4-7H2,1-3H3,(H,16,18). The zero-order valence-corrected chi connectivity index (χ0v) is 12.3. The van der Waals surface area contributed by atoms with Gasteiger partial charge in [-0.2, -0.15) is 0 Å². The van der Waals surface area contributed by atoms with E-state index in [1.165, 1.54) is 12.0 Å². The third kappa shape index (κ3) is 4.91. The molecule has 0 bridgehead atoms. The topological polar surface area (TPSA) is 58.6 Å². The third-order valence-corrected chi connectivity index (χ3v) is 2.99. The van der Waals surface area contributed by atoms with E-state index in [0.717, 1.165) is 24.9 Å². The molecule has 5 heteroatoms. The number of ether oxygens (including phenoxy) is 1. The molecular weight excluding hydrogens is 256 g/mol. The minimum absolute atomic E-state index is 0.0209. The second-order valence-electron chi connectivity index (χ2n) is 4.58. The van der Waals surface area contributed by atoms with Crippen molar-refractivity contribution < 1.29 is 14.3 Å². The van der Waals surface area contributed by atoms with E-state index in [2.05, 4.69) is 17.0 Å². The van der Waals surface area contributed by atoms with Crippen LogP contribution in [-0.2, 0) is 9.53 Å². The molecule has 0 atom stereocenters. The van der Waals surface area contributed by atoms with Crippen molar-refractivity contribution >= 4 is 23.4 Å². The van der Waals surface area contributed by atoms with Gasteiger partial charge < -0.3 is 10.1 Å². The van der Waals surface area contributed by atoms with Crippen LogP contribution in [0.15, 0.2) is 24.3 Å². The summed E-state index contributed by atoms with van der Waals surface area (Å²) in [6, 6.07) is 7.07. The molecular formula is C15H22N2O3. The molecule has 0 spiro atoms. The molecule has 0 radical (unpaired) electrons. The molecule has 1 aromatic rings. The summed E-state index contributed by atoms with van der Waals surface area (Å²) in [5, 5.41) is 2.84. The van der Waals surface area contributed by atoms with Crippen LogP contribution < -0.4 is 10.2 Å². The van der Waals surface area contributed by atoms with Crippen molar-refractivity contribution in [2.24, 2.45) is 0 Å². The summed E-state index contributed by atoms with van der Waals surface area (Å²) in [6.45, 7) is 2.11. The second kappa shape index (κ2) is 8.19. The Labute approximate surface area is 119 Å². The highest BCUT2D eigenvalue weighted by molar-refractivity contribution is 5.91. The van der Waals surface area contributed by atoms with E-state index in [1.807, 2.05) is 0 Å². The largest absolute Gasteiger partial charge is 0.452 e. The van der Waals surface area contributed by atoms with Crippen molar-refractivity contribution in [1.29, 1.82) is 0 Å². The molecule has 0 unspecified atom stereocenters. The Morgan fingerprint density at radius 3 is 2.40 bits per heavy atom. The van der Waals surface area contributed by atoms with Crippen LogP contribution in [0.5, 0.6) is 0 Å². The average molecular weight is 278 g/mol. The van der Waals surface area contributed by atoms with Gasteiger partial charge in [-0.15, -0.1) is 0 Å². The number of nitrogens with zero attached hydrogens (tertiary/aromatic N) is 1. The number of amides is 2. The fourth-order valence-electron chi connectivity index (χ4n) is 1.77. The van der Waals surface area contributed by atoms with Crippen molar-refractivity contribution in [3.8, 4) is 0 Å². The molecule has 1 N–H and O–H groups in total. The van der Waals surface area contributed by atoms with E-state index in [9.17, 15) is 9.59 Å². The molecule has 1 aromatic carbocycles. The number of hydrogen-bond acceptors (Lipinski definition) is 3. The molecule has 5 nitrogen and oxygen atoms in total. The third-order valence-electron chi connectivity index (χ3n) is 2.99. The quantitative estimate of drug-likeness (QED) is 0.811. The highest BCUT2D eigenvalue weighted by Crippen LogP contribution is 2.17. The molecule has 2 amide bonds. The van der Waals surface area contributed by atoms with E-state index in [1.54, 1.807) is 31.3 Å². The first kappa shape index (κ1) is 16.0. The zero-order valence-electron chi connectivity index (χ0n) is 12.3. The number of anilines is 2. The van der Waals surface area contributed by atoms with Crippen molar-refractivity contribution in [3.05, 3.63) is 24.3 Å². The Balaban J connectivity index is 2.54. The van der Waals surface area contributed by atoms with Gasteiger partial charge in [0.15, 0.2) is 0 Å². The Morgan fingerprint density at radius 2 is 1.85 bits per heavy atom. The van der Waals surface area contributed by atoms with Crippen LogP contribution in [-0.4, -0.2) is 26.2 Å². The van der Waals surface area contributed by atoms with E-state index in [-0.39, 0.29) is 5.91 Å². The number of methoxy groups -OCH3 is 1. The van der Waals surface area contributed by atoms with Crippen LogP contribution in [0.2, 0.25) is 0 Å². The Bertz CT molecular complexity index is 443. The summed E-state index contributed by atoms with van der Waals surface area (Å²) in [5.41, 5.74) is 1.44. The van der Waals surface area contributed by atoms with E-state index < -0.39 is 6.09 Å². The number of carbonyl (C=O) groups excluding carboxylic acids is 2. The van der Waals surface area contributed by atoms with Crippen LogP contribution in [0.25, 0.3) is 0 Å². The van der Waals surface area contributed by atoms with Crippen LogP contribution in [0.4, 0.5) is 16.2 Å². The molecule has 0 heterocycles. The molecule has 0 aliphatic rings. The molecule has 20 heavy (non-hydrogen) atoms. The van der Waals surface area contributed by atoms with Gasteiger partial charge in [-0.25, -0.2) is 4.79 Å². The van der Waals surface area contributed by atoms with Gasteiger partial charge in [0.2, 0.25) is 5.91 Å². The first-order valence-electron chi connectivity index (χ1n) is 6.80. The van der Waals surface area contributed by atoms with Crippen molar-refractivity contribution in [2.45, 2.75) is 32.6 Å². The molecule has 0 aliphatic heterocycles. The van der Waals surface area contributed by atoms with Gasteiger partial charge in [-0.1, -0.05) is 19.8 Å². The normalized spacial score (nSPS) is 9.95. The number of carbonyl (C=O) groups is 2. The van der Waals surface area contributed by atoms with Gasteiger partial charge in [-0.05, 0) is 30.7 Å². The number of hydrogen-bond donors (Lipinski definition) is 1. The van der Waals surface area contributed by atoms with Gasteiger partial charge in [0.1, 0.15) is 0 Å².